The molecule has 0 atom stereocenters. The van der Waals surface area contributed by atoms with Crippen LogP contribution in [-0.2, 0) is 6.42 Å². The number of amides is 2. The maximum Gasteiger partial charge on any atom is 0.261 e. The van der Waals surface area contributed by atoms with E-state index in [2.05, 4.69) is 26.6 Å². The lowest BCUT2D eigenvalue weighted by atomic mass is 10.1. The van der Waals surface area contributed by atoms with E-state index in [0.717, 1.165) is 16.5 Å². The number of hydrogen-bond acceptors (Lipinski definition) is 4. The number of carbonyl (C=O) groups is 2. The molecule has 0 bridgehead atoms. The highest BCUT2D eigenvalue weighted by Gasteiger charge is 2.16. The van der Waals surface area contributed by atoms with E-state index in [1.165, 1.54) is 0 Å². The fraction of sp³-hybridized carbons (Fsp3) is 0.222. The molecule has 8 heteroatoms. The molecule has 0 spiro atoms. The Hall–Kier alpha value is -3.23. The van der Waals surface area contributed by atoms with E-state index in [1.807, 2.05) is 50.2 Å². The van der Waals surface area contributed by atoms with E-state index in [0.29, 0.717) is 42.3 Å². The fourth-order valence-electron chi connectivity index (χ4n) is 3.49. The number of nitrogens with zero attached hydrogens (tertiary/aromatic N) is 1. The van der Waals surface area contributed by atoms with Crippen molar-refractivity contribution in [2.45, 2.75) is 20.3 Å². The minimum atomic E-state index is -0.395. The summed E-state index contributed by atoms with van der Waals surface area (Å²) < 4.78 is 6.66. The Bertz CT molecular complexity index is 1180. The Balaban J connectivity index is 1.64. The van der Waals surface area contributed by atoms with Crippen LogP contribution in [0.2, 0.25) is 0 Å². The summed E-state index contributed by atoms with van der Waals surface area (Å²) in [5.74, 6) is 0.0187. The first-order valence-corrected chi connectivity index (χ1v) is 12.6. The van der Waals surface area contributed by atoms with E-state index in [1.54, 1.807) is 41.3 Å². The second kappa shape index (κ2) is 13.0. The molecule has 0 saturated heterocycles. The van der Waals surface area contributed by atoms with Gasteiger partial charge in [0.05, 0.1) is 12.2 Å². The molecule has 0 radical (unpaired) electrons. The van der Waals surface area contributed by atoms with Crippen molar-refractivity contribution >= 4 is 50.8 Å². The van der Waals surface area contributed by atoms with Crippen molar-refractivity contribution in [2.24, 2.45) is 0 Å². The normalized spacial score (nSPS) is 10.4. The topological polar surface area (TPSA) is 70.7 Å². The number of thiocarbonyl (C=S) groups is 1. The number of carbonyl (C=O) groups excluding carboxylic acids is 2. The highest BCUT2D eigenvalue weighted by atomic mass is 79.9. The third-order valence-corrected chi connectivity index (χ3v) is 6.02. The number of hydrogen-bond donors (Lipinski definition) is 2. The van der Waals surface area contributed by atoms with Gasteiger partial charge in [0.1, 0.15) is 5.75 Å². The summed E-state index contributed by atoms with van der Waals surface area (Å²) in [5.41, 5.74) is 2.68. The maximum atomic E-state index is 13.0. The third kappa shape index (κ3) is 7.63. The first-order chi connectivity index (χ1) is 16.9. The summed E-state index contributed by atoms with van der Waals surface area (Å²) in [7, 11) is 0. The Kier molecular flexibility index (Phi) is 9.81. The zero-order chi connectivity index (χ0) is 25.2. The second-order valence-corrected chi connectivity index (χ2v) is 9.01. The fourth-order valence-corrected chi connectivity index (χ4v) is 4.06. The summed E-state index contributed by atoms with van der Waals surface area (Å²) in [6.07, 6.45) is 0.723. The Morgan fingerprint density at radius 1 is 0.971 bits per heavy atom. The molecule has 0 unspecified atom stereocenters. The van der Waals surface area contributed by atoms with E-state index >= 15 is 0 Å². The van der Waals surface area contributed by atoms with Gasteiger partial charge in [-0.2, -0.15) is 0 Å². The quantitative estimate of drug-likeness (QED) is 0.333. The number of anilines is 1. The van der Waals surface area contributed by atoms with Crippen LogP contribution in [0.25, 0.3) is 0 Å². The molecule has 3 rings (SSSR count). The van der Waals surface area contributed by atoms with Crippen LogP contribution in [0.3, 0.4) is 0 Å². The lowest BCUT2D eigenvalue weighted by molar-refractivity contribution is 0.0772. The monoisotopic (exact) mass is 553 g/mol. The van der Waals surface area contributed by atoms with Crippen LogP contribution in [-0.4, -0.2) is 41.5 Å². The molecule has 35 heavy (non-hydrogen) atoms. The highest BCUT2D eigenvalue weighted by Crippen LogP contribution is 2.24. The van der Waals surface area contributed by atoms with Crippen molar-refractivity contribution in [3.05, 3.63) is 94.0 Å². The predicted octanol–water partition coefficient (Wildman–Crippen LogP) is 5.68. The molecule has 3 aromatic carbocycles. The zero-order valence-electron chi connectivity index (χ0n) is 19.7. The van der Waals surface area contributed by atoms with Crippen molar-refractivity contribution in [3.8, 4) is 5.75 Å². The van der Waals surface area contributed by atoms with Gasteiger partial charge in [0.2, 0.25) is 0 Å². The summed E-state index contributed by atoms with van der Waals surface area (Å²) in [4.78, 5) is 27.4. The van der Waals surface area contributed by atoms with E-state index in [9.17, 15) is 9.59 Å². The molecule has 6 nitrogen and oxygen atoms in total. The van der Waals surface area contributed by atoms with E-state index < -0.39 is 5.91 Å². The second-order valence-electron chi connectivity index (χ2n) is 7.69. The number of ether oxygens (including phenoxy) is 1. The number of benzene rings is 3. The average Bonchev–Trinajstić information content (AvgIpc) is 2.86. The summed E-state index contributed by atoms with van der Waals surface area (Å²) in [6.45, 7) is 5.57. The van der Waals surface area contributed by atoms with Gasteiger partial charge in [-0.25, -0.2) is 0 Å². The molecular formula is C27H28BrN3O3S. The molecule has 0 aliphatic rings. The van der Waals surface area contributed by atoms with Gasteiger partial charge >= 0.3 is 0 Å². The van der Waals surface area contributed by atoms with Crippen molar-refractivity contribution in [2.75, 3.05) is 25.0 Å². The van der Waals surface area contributed by atoms with E-state index in [-0.39, 0.29) is 11.0 Å². The third-order valence-electron chi connectivity index (χ3n) is 5.32. The van der Waals surface area contributed by atoms with Gasteiger partial charge < -0.3 is 15.0 Å². The Morgan fingerprint density at radius 3 is 2.43 bits per heavy atom. The van der Waals surface area contributed by atoms with Crippen molar-refractivity contribution in [3.63, 3.8) is 0 Å². The Labute approximate surface area is 219 Å². The predicted molar refractivity (Wildman–Crippen MR) is 147 cm³/mol. The van der Waals surface area contributed by atoms with Gasteiger partial charge in [-0.15, -0.1) is 0 Å². The highest BCUT2D eigenvalue weighted by molar-refractivity contribution is 9.10. The van der Waals surface area contributed by atoms with Crippen LogP contribution in [0.1, 0.15) is 40.1 Å². The van der Waals surface area contributed by atoms with Gasteiger partial charge in [0.15, 0.2) is 5.11 Å². The van der Waals surface area contributed by atoms with Crippen LogP contribution >= 0.6 is 28.1 Å². The SMILES string of the molecule is CCN(CC)C(=O)c1cccc(NC(=S)NC(=O)c2cc(Br)ccc2OCCc2ccccc2)c1. The van der Waals surface area contributed by atoms with Gasteiger partial charge in [-0.05, 0) is 68.0 Å². The number of nitrogens with one attached hydrogen (secondary N) is 2. The summed E-state index contributed by atoms with van der Waals surface area (Å²) in [5, 5.41) is 5.81. The molecule has 0 aromatic heterocycles. The molecule has 0 fully saturated rings. The molecule has 0 saturated carbocycles. The Morgan fingerprint density at radius 2 is 1.71 bits per heavy atom. The van der Waals surface area contributed by atoms with Crippen LogP contribution in [0.5, 0.6) is 5.75 Å². The minimum Gasteiger partial charge on any atom is -0.492 e. The lowest BCUT2D eigenvalue weighted by Crippen LogP contribution is -2.34. The molecule has 3 aromatic rings. The van der Waals surface area contributed by atoms with Gasteiger partial charge in [0.25, 0.3) is 11.8 Å². The van der Waals surface area contributed by atoms with Crippen LogP contribution in [0.4, 0.5) is 5.69 Å². The van der Waals surface area contributed by atoms with E-state index in [4.69, 9.17) is 17.0 Å². The summed E-state index contributed by atoms with van der Waals surface area (Å²) in [6, 6.07) is 22.3. The van der Waals surface area contributed by atoms with Crippen molar-refractivity contribution in [1.82, 2.24) is 10.2 Å². The molecule has 0 aliphatic carbocycles. The molecule has 2 N–H and O–H groups in total. The van der Waals surface area contributed by atoms with Crippen LogP contribution in [0, 0.1) is 0 Å². The minimum absolute atomic E-state index is 0.0555. The molecule has 0 aliphatic heterocycles. The maximum absolute atomic E-state index is 13.0. The lowest BCUT2D eigenvalue weighted by Gasteiger charge is -2.19. The molecular weight excluding hydrogens is 526 g/mol. The standard InChI is InChI=1S/C27H28BrN3O3S/c1-3-31(4-2)26(33)20-11-8-12-22(17-20)29-27(35)30-25(32)23-18-21(28)13-14-24(23)34-16-15-19-9-6-5-7-10-19/h5-14,17-18H,3-4,15-16H2,1-2H3,(H2,29,30,32,35). The first kappa shape index (κ1) is 26.4. The van der Waals surface area contributed by atoms with Crippen molar-refractivity contribution < 1.29 is 14.3 Å². The largest absolute Gasteiger partial charge is 0.492 e. The van der Waals surface area contributed by atoms with Crippen LogP contribution < -0.4 is 15.4 Å². The smallest absolute Gasteiger partial charge is 0.261 e. The molecule has 2 amide bonds. The molecule has 182 valence electrons. The first-order valence-electron chi connectivity index (χ1n) is 11.4. The van der Waals surface area contributed by atoms with Gasteiger partial charge in [-0.1, -0.05) is 52.3 Å². The van der Waals surface area contributed by atoms with Gasteiger partial charge in [0, 0.05) is 35.2 Å². The number of rotatable bonds is 9. The van der Waals surface area contributed by atoms with Crippen LogP contribution in [0.15, 0.2) is 77.3 Å². The molecule has 0 heterocycles. The summed E-state index contributed by atoms with van der Waals surface area (Å²) >= 11 is 8.77. The average molecular weight is 555 g/mol. The zero-order valence-corrected chi connectivity index (χ0v) is 22.1. The van der Waals surface area contributed by atoms with Crippen molar-refractivity contribution in [1.29, 1.82) is 0 Å². The number of halogens is 1. The van der Waals surface area contributed by atoms with Gasteiger partial charge in [-0.3, -0.25) is 14.9 Å².